The summed E-state index contributed by atoms with van der Waals surface area (Å²) in [6.07, 6.45) is -3.70. The SMILES string of the molecule is COC(C(=O)Nc1ccc(-c2ccc(N=C(N)Nc3ccccc3C(F)(F)F)nc2)cc1)c1ccccc1. The third-order valence-corrected chi connectivity index (χ3v) is 5.54. The Morgan fingerprint density at radius 3 is 2.18 bits per heavy atom. The minimum atomic E-state index is -4.53. The molecule has 10 heteroatoms. The predicted molar refractivity (Wildman–Crippen MR) is 141 cm³/mol. The molecule has 1 aromatic heterocycles. The number of alkyl halides is 3. The molecule has 1 heterocycles. The molecule has 1 atom stereocenters. The van der Waals surface area contributed by atoms with Crippen LogP contribution in [-0.4, -0.2) is 24.0 Å². The highest BCUT2D eigenvalue weighted by atomic mass is 19.4. The summed E-state index contributed by atoms with van der Waals surface area (Å²) in [6.45, 7) is 0. The second-order valence-electron chi connectivity index (χ2n) is 8.16. The number of nitrogens with two attached hydrogens (primary N) is 1. The smallest absolute Gasteiger partial charge is 0.369 e. The van der Waals surface area contributed by atoms with Gasteiger partial charge in [0.05, 0.1) is 11.3 Å². The molecule has 0 radical (unpaired) electrons. The van der Waals surface area contributed by atoms with Gasteiger partial charge in [-0.15, -0.1) is 0 Å². The molecule has 0 aliphatic heterocycles. The van der Waals surface area contributed by atoms with Gasteiger partial charge in [0.2, 0.25) is 0 Å². The van der Waals surface area contributed by atoms with Crippen molar-refractivity contribution in [2.24, 2.45) is 10.7 Å². The molecule has 0 bridgehead atoms. The van der Waals surface area contributed by atoms with E-state index in [1.165, 1.54) is 25.3 Å². The molecule has 1 amide bonds. The van der Waals surface area contributed by atoms with Crippen molar-refractivity contribution in [3.63, 3.8) is 0 Å². The van der Waals surface area contributed by atoms with Crippen LogP contribution in [0.15, 0.2) is 102 Å². The van der Waals surface area contributed by atoms with Crippen molar-refractivity contribution in [3.05, 3.63) is 108 Å². The number of para-hydroxylation sites is 1. The number of pyridine rings is 1. The van der Waals surface area contributed by atoms with Gasteiger partial charge in [-0.05, 0) is 47.5 Å². The summed E-state index contributed by atoms with van der Waals surface area (Å²) in [7, 11) is 1.48. The third kappa shape index (κ3) is 6.54. The fourth-order valence-corrected chi connectivity index (χ4v) is 3.73. The number of anilines is 2. The van der Waals surface area contributed by atoms with Crippen LogP contribution in [-0.2, 0) is 15.7 Å². The lowest BCUT2D eigenvalue weighted by atomic mass is 10.1. The number of ether oxygens (including phenoxy) is 1. The fourth-order valence-electron chi connectivity index (χ4n) is 3.73. The zero-order valence-corrected chi connectivity index (χ0v) is 20.2. The van der Waals surface area contributed by atoms with Gasteiger partial charge in [-0.1, -0.05) is 54.6 Å². The van der Waals surface area contributed by atoms with Crippen LogP contribution in [0.3, 0.4) is 0 Å². The molecule has 38 heavy (non-hydrogen) atoms. The van der Waals surface area contributed by atoms with E-state index in [0.29, 0.717) is 5.69 Å². The average molecular weight is 520 g/mol. The molecule has 4 N–H and O–H groups in total. The van der Waals surface area contributed by atoms with E-state index in [4.69, 9.17) is 10.5 Å². The van der Waals surface area contributed by atoms with Crippen molar-refractivity contribution in [2.45, 2.75) is 12.3 Å². The summed E-state index contributed by atoms with van der Waals surface area (Å²) in [5.74, 6) is -0.301. The van der Waals surface area contributed by atoms with Gasteiger partial charge in [-0.25, -0.2) is 4.98 Å². The highest BCUT2D eigenvalue weighted by molar-refractivity contribution is 5.95. The quantitative estimate of drug-likeness (QED) is 0.201. The number of rotatable bonds is 7. The number of nitrogens with zero attached hydrogens (tertiary/aromatic N) is 2. The molecule has 194 valence electrons. The van der Waals surface area contributed by atoms with E-state index < -0.39 is 17.8 Å². The van der Waals surface area contributed by atoms with Crippen molar-refractivity contribution in [3.8, 4) is 11.1 Å². The van der Waals surface area contributed by atoms with Crippen LogP contribution in [0.2, 0.25) is 0 Å². The van der Waals surface area contributed by atoms with Crippen molar-refractivity contribution in [2.75, 3.05) is 17.7 Å². The zero-order valence-electron chi connectivity index (χ0n) is 20.2. The van der Waals surface area contributed by atoms with Crippen LogP contribution in [0.1, 0.15) is 17.2 Å². The number of aliphatic imine (C=N–C) groups is 1. The number of nitrogens with one attached hydrogen (secondary N) is 2. The Morgan fingerprint density at radius 2 is 1.55 bits per heavy atom. The van der Waals surface area contributed by atoms with E-state index in [9.17, 15) is 18.0 Å². The van der Waals surface area contributed by atoms with Crippen LogP contribution in [0.4, 0.5) is 30.4 Å². The van der Waals surface area contributed by atoms with Gasteiger partial charge in [-0.3, -0.25) is 4.79 Å². The first kappa shape index (κ1) is 26.4. The van der Waals surface area contributed by atoms with Crippen LogP contribution in [0, 0.1) is 0 Å². The first-order valence-corrected chi connectivity index (χ1v) is 11.5. The van der Waals surface area contributed by atoms with Gasteiger partial charge in [-0.2, -0.15) is 18.2 Å². The van der Waals surface area contributed by atoms with Gasteiger partial charge in [0.15, 0.2) is 17.9 Å². The van der Waals surface area contributed by atoms with Crippen molar-refractivity contribution >= 4 is 29.1 Å². The molecule has 0 fully saturated rings. The number of amides is 1. The number of hydrogen-bond acceptors (Lipinski definition) is 4. The first-order chi connectivity index (χ1) is 18.2. The van der Waals surface area contributed by atoms with Crippen LogP contribution < -0.4 is 16.4 Å². The Hall–Kier alpha value is -4.70. The number of aromatic nitrogens is 1. The number of guanidine groups is 1. The van der Waals surface area contributed by atoms with E-state index in [0.717, 1.165) is 22.8 Å². The lowest BCUT2D eigenvalue weighted by molar-refractivity contribution is -0.137. The highest BCUT2D eigenvalue weighted by Crippen LogP contribution is 2.34. The molecule has 3 aromatic carbocycles. The largest absolute Gasteiger partial charge is 0.418 e. The summed E-state index contributed by atoms with van der Waals surface area (Å²) >= 11 is 0. The maximum atomic E-state index is 13.2. The Morgan fingerprint density at radius 1 is 0.895 bits per heavy atom. The maximum absolute atomic E-state index is 13.2. The van der Waals surface area contributed by atoms with Crippen molar-refractivity contribution < 1.29 is 22.7 Å². The Balaban J connectivity index is 1.41. The van der Waals surface area contributed by atoms with Gasteiger partial charge < -0.3 is 21.1 Å². The number of carbonyl (C=O) groups excluding carboxylic acids is 1. The lowest BCUT2D eigenvalue weighted by Crippen LogP contribution is -2.24. The second kappa shape index (κ2) is 11.6. The van der Waals surface area contributed by atoms with Gasteiger partial charge in [0.1, 0.15) is 0 Å². The summed E-state index contributed by atoms with van der Waals surface area (Å²) in [5.41, 5.74) is 7.72. The van der Waals surface area contributed by atoms with Crippen LogP contribution in [0.5, 0.6) is 0 Å². The number of benzene rings is 3. The third-order valence-electron chi connectivity index (χ3n) is 5.54. The monoisotopic (exact) mass is 519 g/mol. The minimum Gasteiger partial charge on any atom is -0.369 e. The molecule has 0 saturated heterocycles. The fraction of sp³-hybridized carbons (Fsp3) is 0.107. The van der Waals surface area contributed by atoms with Crippen LogP contribution in [0.25, 0.3) is 11.1 Å². The number of halogens is 3. The number of hydrogen-bond donors (Lipinski definition) is 3. The van der Waals surface area contributed by atoms with E-state index in [-0.39, 0.29) is 23.4 Å². The standard InChI is InChI=1S/C28H24F3N5O2/c1-38-25(19-7-3-2-4-8-19)26(37)34-21-14-11-18(12-15-21)20-13-16-24(33-17-20)36-27(32)35-23-10-6-5-9-22(23)28(29,30)31/h2-17,25H,1H3,(H,34,37)(H3,32,33,35,36). The van der Waals surface area contributed by atoms with Crippen molar-refractivity contribution in [1.82, 2.24) is 4.98 Å². The molecule has 4 aromatic rings. The number of methoxy groups -OCH3 is 1. The maximum Gasteiger partial charge on any atom is 0.418 e. The minimum absolute atomic E-state index is 0.203. The van der Waals surface area contributed by atoms with E-state index in [1.807, 2.05) is 42.5 Å². The topological polar surface area (TPSA) is 102 Å². The van der Waals surface area contributed by atoms with Crippen molar-refractivity contribution in [1.29, 1.82) is 0 Å². The Kier molecular flexibility index (Phi) is 8.03. The predicted octanol–water partition coefficient (Wildman–Crippen LogP) is 6.15. The lowest BCUT2D eigenvalue weighted by Gasteiger charge is -2.16. The molecular weight excluding hydrogens is 495 g/mol. The summed E-state index contributed by atoms with van der Waals surface area (Å²) in [4.78, 5) is 21.0. The van der Waals surface area contributed by atoms with Crippen LogP contribution >= 0.6 is 0 Å². The molecule has 0 spiro atoms. The highest BCUT2D eigenvalue weighted by Gasteiger charge is 2.33. The first-order valence-electron chi connectivity index (χ1n) is 11.5. The summed E-state index contributed by atoms with van der Waals surface area (Å²) in [5, 5.41) is 5.33. The molecule has 7 nitrogen and oxygen atoms in total. The summed E-state index contributed by atoms with van der Waals surface area (Å²) in [6, 6.07) is 24.7. The van der Waals surface area contributed by atoms with E-state index >= 15 is 0 Å². The molecular formula is C28H24F3N5O2. The average Bonchev–Trinajstić information content (AvgIpc) is 2.90. The van der Waals surface area contributed by atoms with E-state index in [2.05, 4.69) is 20.6 Å². The Bertz CT molecular complexity index is 1410. The van der Waals surface area contributed by atoms with Gasteiger partial charge in [0, 0.05) is 24.6 Å². The Labute approximate surface area is 217 Å². The molecule has 0 aliphatic rings. The van der Waals surface area contributed by atoms with Gasteiger partial charge in [0.25, 0.3) is 5.91 Å². The molecule has 1 unspecified atom stereocenters. The number of carbonyl (C=O) groups is 1. The summed E-state index contributed by atoms with van der Waals surface area (Å²) < 4.78 is 44.9. The van der Waals surface area contributed by atoms with E-state index in [1.54, 1.807) is 30.5 Å². The zero-order chi connectivity index (χ0) is 27.1. The molecule has 0 saturated carbocycles. The second-order valence-corrected chi connectivity index (χ2v) is 8.16. The molecule has 4 rings (SSSR count). The van der Waals surface area contributed by atoms with Gasteiger partial charge >= 0.3 is 6.18 Å². The molecule has 0 aliphatic carbocycles. The normalized spacial score (nSPS) is 12.6.